The summed E-state index contributed by atoms with van der Waals surface area (Å²) < 4.78 is 7.79. The number of aryl methyl sites for hydroxylation is 2. The zero-order chi connectivity index (χ0) is 19.9. The van der Waals surface area contributed by atoms with Crippen molar-refractivity contribution in [1.82, 2.24) is 9.38 Å². The van der Waals surface area contributed by atoms with E-state index < -0.39 is 0 Å². The monoisotopic (exact) mass is 377 g/mol. The largest absolute Gasteiger partial charge is 0.496 e. The molecule has 0 saturated carbocycles. The summed E-state index contributed by atoms with van der Waals surface area (Å²) in [7, 11) is 1.70. The number of hydrogen-bond donors (Lipinski definition) is 1. The lowest BCUT2D eigenvalue weighted by atomic mass is 10.1. The van der Waals surface area contributed by atoms with Gasteiger partial charge in [0.15, 0.2) is 0 Å². The van der Waals surface area contributed by atoms with Crippen LogP contribution in [0, 0.1) is 20.4 Å². The van der Waals surface area contributed by atoms with Gasteiger partial charge in [-0.3, -0.25) is 4.40 Å². The van der Waals surface area contributed by atoms with E-state index in [0.717, 1.165) is 72.9 Å². The number of para-hydroxylation sites is 1. The first-order chi connectivity index (χ1) is 13.7. The summed E-state index contributed by atoms with van der Waals surface area (Å²) in [6, 6.07) is 12.3. The fourth-order valence-electron chi connectivity index (χ4n) is 3.61. The second kappa shape index (κ2) is 9.27. The van der Waals surface area contributed by atoms with E-state index in [4.69, 9.17) is 16.3 Å². The number of nitrogens with one attached hydrogen (secondary N) is 1. The van der Waals surface area contributed by atoms with Gasteiger partial charge in [-0.1, -0.05) is 23.4 Å². The van der Waals surface area contributed by atoms with Crippen molar-refractivity contribution in [3.8, 4) is 23.6 Å². The van der Waals surface area contributed by atoms with Crippen molar-refractivity contribution in [2.75, 3.05) is 25.5 Å². The highest BCUT2D eigenvalue weighted by Crippen LogP contribution is 2.35. The number of benzene rings is 1. The maximum absolute atomic E-state index is 5.59. The van der Waals surface area contributed by atoms with Crippen molar-refractivity contribution in [3.05, 3.63) is 52.5 Å². The molecule has 3 aromatic rings. The number of nitrogens with zero attached hydrogens (tertiary/aromatic N) is 3. The van der Waals surface area contributed by atoms with Gasteiger partial charge in [0.05, 0.1) is 7.11 Å². The number of rotatable bonds is 9. The minimum atomic E-state index is 0.747. The molecule has 0 saturated heterocycles. The quantitative estimate of drug-likeness (QED) is 0.496. The molecule has 0 aliphatic rings. The molecule has 0 bridgehead atoms. The molecule has 5 heteroatoms. The summed E-state index contributed by atoms with van der Waals surface area (Å²) in [4.78, 5) is 8.61. The van der Waals surface area contributed by atoms with Crippen LogP contribution in [0.15, 0.2) is 36.4 Å². The molecule has 0 radical (unpaired) electrons. The van der Waals surface area contributed by atoms with Crippen molar-refractivity contribution < 1.29 is 4.74 Å². The van der Waals surface area contributed by atoms with Crippen molar-refractivity contribution in [3.63, 3.8) is 0 Å². The number of hydrogen-bond acceptors (Lipinski definition) is 3. The molecule has 1 N–H and O–H groups in total. The Hall–Kier alpha value is -3.00. The molecule has 28 heavy (non-hydrogen) atoms. The van der Waals surface area contributed by atoms with Gasteiger partial charge in [-0.05, 0) is 56.5 Å². The highest BCUT2D eigenvalue weighted by molar-refractivity contribution is 5.80. The summed E-state index contributed by atoms with van der Waals surface area (Å²) in [6.07, 6.45) is 4.44. The standard InChI is InChI=1S/C23H29N4O/c1-17-15-18(2)27-21(16-17)26-22(19-11-7-8-12-20(19)28-4)23(27)25-14-10-6-5-9-13-24-3/h3,7-8,11-12,15-16,25H,5-6,9-10,13-14H2,1-2,4H3/q+1. The van der Waals surface area contributed by atoms with Crippen LogP contribution in [-0.4, -0.2) is 29.6 Å². The average Bonchev–Trinajstić information content (AvgIpc) is 3.05. The molecule has 0 unspecified atom stereocenters. The summed E-state index contributed by atoms with van der Waals surface area (Å²) in [5.74, 6) is 1.85. The Balaban J connectivity index is 1.91. The van der Waals surface area contributed by atoms with Crippen LogP contribution in [0.1, 0.15) is 36.9 Å². The third kappa shape index (κ3) is 4.28. The number of imidazole rings is 1. The Bertz CT molecular complexity index is 984. The molecule has 2 aromatic heterocycles. The SMILES string of the molecule is C#[N+]CCCCCCNc1c(-c2ccccc2OC)nc2cc(C)cc(C)n12. The van der Waals surface area contributed by atoms with Crippen LogP contribution in [0.25, 0.3) is 21.7 Å². The molecule has 3 rings (SSSR count). The third-order valence-electron chi connectivity index (χ3n) is 4.92. The van der Waals surface area contributed by atoms with Crippen molar-refractivity contribution in [2.45, 2.75) is 39.5 Å². The lowest BCUT2D eigenvalue weighted by Gasteiger charge is -2.12. The first-order valence-corrected chi connectivity index (χ1v) is 9.89. The molecule has 0 aliphatic carbocycles. The summed E-state index contributed by atoms with van der Waals surface area (Å²) in [6.45, 7) is 11.1. The fraction of sp³-hybridized carbons (Fsp3) is 0.391. The number of methoxy groups -OCH3 is 1. The highest BCUT2D eigenvalue weighted by Gasteiger charge is 2.18. The Kier molecular flexibility index (Phi) is 6.54. The van der Waals surface area contributed by atoms with Gasteiger partial charge in [0.1, 0.15) is 22.9 Å². The fourth-order valence-corrected chi connectivity index (χ4v) is 3.61. The molecule has 0 amide bonds. The number of aromatic nitrogens is 2. The van der Waals surface area contributed by atoms with Crippen LogP contribution < -0.4 is 10.1 Å². The summed E-state index contributed by atoms with van der Waals surface area (Å²) in [5.41, 5.74) is 5.24. The van der Waals surface area contributed by atoms with Gasteiger partial charge < -0.3 is 10.1 Å². The molecule has 5 nitrogen and oxygen atoms in total. The average molecular weight is 378 g/mol. The minimum Gasteiger partial charge on any atom is -0.496 e. The van der Waals surface area contributed by atoms with Gasteiger partial charge in [0.2, 0.25) is 0 Å². The summed E-state index contributed by atoms with van der Waals surface area (Å²) in [5, 5.41) is 3.63. The molecular formula is C23H29N4O+. The first-order valence-electron chi connectivity index (χ1n) is 9.89. The molecule has 1 aromatic carbocycles. The molecular weight excluding hydrogens is 348 g/mol. The Labute approximate surface area is 167 Å². The van der Waals surface area contributed by atoms with Crippen LogP contribution in [-0.2, 0) is 0 Å². The number of anilines is 1. The van der Waals surface area contributed by atoms with Crippen LogP contribution in [0.4, 0.5) is 5.82 Å². The molecule has 0 atom stereocenters. The Morgan fingerprint density at radius 3 is 2.68 bits per heavy atom. The van der Waals surface area contributed by atoms with Crippen LogP contribution in [0.5, 0.6) is 5.75 Å². The molecule has 146 valence electrons. The van der Waals surface area contributed by atoms with E-state index in [1.807, 2.05) is 18.2 Å². The lowest BCUT2D eigenvalue weighted by molar-refractivity contribution is 0.416. The van der Waals surface area contributed by atoms with E-state index in [-0.39, 0.29) is 0 Å². The number of fused-ring (bicyclic) bond motifs is 1. The molecule has 0 spiro atoms. The summed E-state index contributed by atoms with van der Waals surface area (Å²) >= 11 is 0. The molecule has 0 fully saturated rings. The molecule has 2 heterocycles. The second-order valence-corrected chi connectivity index (χ2v) is 7.12. The smallest absolute Gasteiger partial charge is 0.263 e. The molecule has 0 aliphatic heterocycles. The Morgan fingerprint density at radius 2 is 1.89 bits per heavy atom. The Morgan fingerprint density at radius 1 is 1.11 bits per heavy atom. The van der Waals surface area contributed by atoms with Crippen molar-refractivity contribution >= 4 is 11.5 Å². The number of unbranched alkanes of at least 4 members (excludes halogenated alkanes) is 3. The van der Waals surface area contributed by atoms with Crippen LogP contribution >= 0.6 is 0 Å². The van der Waals surface area contributed by atoms with Gasteiger partial charge in [-0.2, -0.15) is 0 Å². The zero-order valence-corrected chi connectivity index (χ0v) is 17.0. The van der Waals surface area contributed by atoms with E-state index >= 15 is 0 Å². The zero-order valence-electron chi connectivity index (χ0n) is 17.0. The van der Waals surface area contributed by atoms with E-state index in [0.29, 0.717) is 0 Å². The van der Waals surface area contributed by atoms with Gasteiger partial charge in [-0.25, -0.2) is 4.98 Å². The lowest BCUT2D eigenvalue weighted by Crippen LogP contribution is -2.07. The first kappa shape index (κ1) is 19.8. The van der Waals surface area contributed by atoms with Gasteiger partial charge in [-0.15, -0.1) is 0 Å². The van der Waals surface area contributed by atoms with Gasteiger partial charge in [0.25, 0.3) is 13.1 Å². The van der Waals surface area contributed by atoms with Crippen molar-refractivity contribution in [1.29, 1.82) is 0 Å². The van der Waals surface area contributed by atoms with E-state index in [9.17, 15) is 0 Å². The maximum Gasteiger partial charge on any atom is 0.263 e. The predicted molar refractivity (Wildman–Crippen MR) is 117 cm³/mol. The van der Waals surface area contributed by atoms with Gasteiger partial charge in [0, 0.05) is 24.2 Å². The van der Waals surface area contributed by atoms with E-state index in [2.05, 4.69) is 46.6 Å². The second-order valence-electron chi connectivity index (χ2n) is 7.12. The maximum atomic E-state index is 5.59. The number of ether oxygens (including phenoxy) is 1. The van der Waals surface area contributed by atoms with Gasteiger partial charge >= 0.3 is 0 Å². The number of pyridine rings is 1. The van der Waals surface area contributed by atoms with E-state index in [1.54, 1.807) is 7.11 Å². The minimum absolute atomic E-state index is 0.747. The van der Waals surface area contributed by atoms with E-state index in [1.165, 1.54) is 5.56 Å². The van der Waals surface area contributed by atoms with Crippen molar-refractivity contribution in [2.24, 2.45) is 0 Å². The predicted octanol–water partition coefficient (Wildman–Crippen LogP) is 5.56. The van der Waals surface area contributed by atoms with Crippen LogP contribution in [0.3, 0.4) is 0 Å². The topological polar surface area (TPSA) is 42.9 Å². The van der Waals surface area contributed by atoms with Crippen LogP contribution in [0.2, 0.25) is 0 Å². The highest BCUT2D eigenvalue weighted by atomic mass is 16.5. The third-order valence-corrected chi connectivity index (χ3v) is 4.92. The normalized spacial score (nSPS) is 10.8.